The smallest absolute Gasteiger partial charge is 0.0297 e. The van der Waals surface area contributed by atoms with E-state index in [0.717, 1.165) is 17.3 Å². The summed E-state index contributed by atoms with van der Waals surface area (Å²) in [6.45, 7) is 4.93. The van der Waals surface area contributed by atoms with Crippen LogP contribution in [0.4, 0.5) is 0 Å². The zero-order valence-corrected chi connectivity index (χ0v) is 9.31. The first-order chi connectivity index (χ1) is 6.24. The summed E-state index contributed by atoms with van der Waals surface area (Å²) in [7, 11) is 0. The van der Waals surface area contributed by atoms with E-state index in [0.29, 0.717) is 0 Å². The molecule has 76 valence electrons. The molecule has 3 atom stereocenters. The lowest BCUT2D eigenvalue weighted by molar-refractivity contribution is 0.0362. The Kier molecular flexibility index (Phi) is 2.67. The molecule has 2 aliphatic carbocycles. The van der Waals surface area contributed by atoms with Gasteiger partial charge in [0, 0.05) is 0 Å². The predicted molar refractivity (Wildman–Crippen MR) is 57.7 cm³/mol. The molecule has 0 aromatic heterocycles. The molecule has 2 saturated carbocycles. The number of hydrogen-bond donors (Lipinski definition) is 0. The van der Waals surface area contributed by atoms with E-state index in [4.69, 9.17) is 0 Å². The fraction of sp³-hybridized carbons (Fsp3) is 1.00. The van der Waals surface area contributed by atoms with Crippen molar-refractivity contribution in [3.8, 4) is 0 Å². The van der Waals surface area contributed by atoms with Crippen molar-refractivity contribution in [3.63, 3.8) is 0 Å². The predicted octanol–water partition coefficient (Wildman–Crippen LogP) is 4.39. The summed E-state index contributed by atoms with van der Waals surface area (Å²) in [5.74, 6) is 2.15. The lowest BCUT2D eigenvalue weighted by Crippen LogP contribution is -2.36. The van der Waals surface area contributed by atoms with Crippen LogP contribution >= 0.6 is 0 Å². The SMILES string of the molecule is CCC1CCC2(C)CCCCC2C1. The maximum absolute atomic E-state index is 2.56. The van der Waals surface area contributed by atoms with Gasteiger partial charge in [-0.2, -0.15) is 0 Å². The Morgan fingerprint density at radius 3 is 2.77 bits per heavy atom. The van der Waals surface area contributed by atoms with Crippen LogP contribution in [0, 0.1) is 17.3 Å². The number of hydrogen-bond acceptors (Lipinski definition) is 0. The maximum Gasteiger partial charge on any atom is -0.0297 e. The highest BCUT2D eigenvalue weighted by atomic mass is 14.5. The van der Waals surface area contributed by atoms with Crippen LogP contribution in [0.25, 0.3) is 0 Å². The second-order valence-electron chi connectivity index (χ2n) is 5.65. The van der Waals surface area contributed by atoms with Crippen LogP contribution < -0.4 is 0 Å². The molecule has 0 heteroatoms. The average molecular weight is 180 g/mol. The van der Waals surface area contributed by atoms with Crippen LogP contribution in [0.3, 0.4) is 0 Å². The third kappa shape index (κ3) is 1.78. The molecule has 0 radical (unpaired) electrons. The molecule has 0 aromatic rings. The molecule has 0 bridgehead atoms. The molecule has 0 N–H and O–H groups in total. The van der Waals surface area contributed by atoms with E-state index in [9.17, 15) is 0 Å². The van der Waals surface area contributed by atoms with Gasteiger partial charge in [0.15, 0.2) is 0 Å². The van der Waals surface area contributed by atoms with Gasteiger partial charge in [-0.25, -0.2) is 0 Å². The van der Waals surface area contributed by atoms with E-state index in [1.54, 1.807) is 6.42 Å². The maximum atomic E-state index is 2.56. The molecule has 0 aromatic carbocycles. The Morgan fingerprint density at radius 2 is 2.00 bits per heavy atom. The van der Waals surface area contributed by atoms with Crippen molar-refractivity contribution in [1.82, 2.24) is 0 Å². The quantitative estimate of drug-likeness (QED) is 0.561. The minimum Gasteiger partial charge on any atom is -0.0651 e. The number of rotatable bonds is 1. The molecule has 13 heavy (non-hydrogen) atoms. The van der Waals surface area contributed by atoms with Gasteiger partial charge in [0.1, 0.15) is 0 Å². The van der Waals surface area contributed by atoms with E-state index < -0.39 is 0 Å². The minimum absolute atomic E-state index is 0.754. The first-order valence-corrected chi connectivity index (χ1v) is 6.24. The van der Waals surface area contributed by atoms with Crippen molar-refractivity contribution in [3.05, 3.63) is 0 Å². The summed E-state index contributed by atoms with van der Waals surface area (Å²) in [5.41, 5.74) is 0.754. The van der Waals surface area contributed by atoms with E-state index in [1.807, 2.05) is 0 Å². The normalized spacial score (nSPS) is 45.7. The van der Waals surface area contributed by atoms with Gasteiger partial charge >= 0.3 is 0 Å². The lowest BCUT2D eigenvalue weighted by atomic mass is 9.58. The number of fused-ring (bicyclic) bond motifs is 1. The van der Waals surface area contributed by atoms with Gasteiger partial charge in [0.25, 0.3) is 0 Å². The van der Waals surface area contributed by atoms with Gasteiger partial charge in [-0.05, 0) is 49.4 Å². The Hall–Kier alpha value is 0. The zero-order chi connectivity index (χ0) is 9.31. The second-order valence-corrected chi connectivity index (χ2v) is 5.65. The van der Waals surface area contributed by atoms with Gasteiger partial charge in [0.2, 0.25) is 0 Å². The topological polar surface area (TPSA) is 0 Å². The van der Waals surface area contributed by atoms with E-state index in [1.165, 1.54) is 44.9 Å². The van der Waals surface area contributed by atoms with Crippen LogP contribution in [0.2, 0.25) is 0 Å². The highest BCUT2D eigenvalue weighted by Crippen LogP contribution is 2.51. The van der Waals surface area contributed by atoms with Crippen LogP contribution in [-0.4, -0.2) is 0 Å². The Balaban J connectivity index is 2.01. The Bertz CT molecular complexity index is 173. The van der Waals surface area contributed by atoms with Gasteiger partial charge in [0.05, 0.1) is 0 Å². The first-order valence-electron chi connectivity index (χ1n) is 6.24. The zero-order valence-electron chi connectivity index (χ0n) is 9.31. The summed E-state index contributed by atoms with van der Waals surface area (Å²) >= 11 is 0. The van der Waals surface area contributed by atoms with Crippen LogP contribution in [-0.2, 0) is 0 Å². The summed E-state index contributed by atoms with van der Waals surface area (Å²) in [6.07, 6.45) is 12.1. The fourth-order valence-electron chi connectivity index (χ4n) is 3.63. The van der Waals surface area contributed by atoms with Gasteiger partial charge in [-0.15, -0.1) is 0 Å². The monoisotopic (exact) mass is 180 g/mol. The van der Waals surface area contributed by atoms with Crippen molar-refractivity contribution in [2.45, 2.75) is 65.2 Å². The van der Waals surface area contributed by atoms with Crippen molar-refractivity contribution in [2.24, 2.45) is 17.3 Å². The molecule has 0 spiro atoms. The van der Waals surface area contributed by atoms with Gasteiger partial charge in [-0.3, -0.25) is 0 Å². The molecule has 2 fully saturated rings. The third-order valence-electron chi connectivity index (χ3n) is 4.85. The highest BCUT2D eigenvalue weighted by Gasteiger charge is 2.40. The molecule has 2 aliphatic rings. The fourth-order valence-corrected chi connectivity index (χ4v) is 3.63. The molecule has 0 nitrogen and oxygen atoms in total. The molecule has 0 heterocycles. The van der Waals surface area contributed by atoms with Gasteiger partial charge in [-0.1, -0.05) is 33.1 Å². The lowest BCUT2D eigenvalue weighted by Gasteiger charge is -2.47. The van der Waals surface area contributed by atoms with Crippen molar-refractivity contribution >= 4 is 0 Å². The van der Waals surface area contributed by atoms with E-state index in [2.05, 4.69) is 13.8 Å². The van der Waals surface area contributed by atoms with Crippen molar-refractivity contribution in [1.29, 1.82) is 0 Å². The van der Waals surface area contributed by atoms with E-state index >= 15 is 0 Å². The third-order valence-corrected chi connectivity index (χ3v) is 4.85. The van der Waals surface area contributed by atoms with Crippen molar-refractivity contribution < 1.29 is 0 Å². The molecular formula is C13H24. The molecule has 3 unspecified atom stereocenters. The molecule has 0 saturated heterocycles. The Morgan fingerprint density at radius 1 is 1.15 bits per heavy atom. The summed E-state index contributed by atoms with van der Waals surface area (Å²) in [6, 6.07) is 0. The molecule has 2 rings (SSSR count). The van der Waals surface area contributed by atoms with Crippen LogP contribution in [0.15, 0.2) is 0 Å². The van der Waals surface area contributed by atoms with E-state index in [-0.39, 0.29) is 0 Å². The minimum atomic E-state index is 0.754. The second kappa shape index (κ2) is 3.63. The first kappa shape index (κ1) is 9.55. The van der Waals surface area contributed by atoms with Crippen molar-refractivity contribution in [2.75, 3.05) is 0 Å². The average Bonchev–Trinajstić information content (AvgIpc) is 2.16. The summed E-state index contributed by atoms with van der Waals surface area (Å²) in [5, 5.41) is 0. The molecule has 0 aliphatic heterocycles. The standard InChI is InChI=1S/C13H24/c1-3-11-7-9-13(2)8-5-4-6-12(13)10-11/h11-12H,3-10H2,1-2H3. The summed E-state index contributed by atoms with van der Waals surface area (Å²) < 4.78 is 0. The van der Waals surface area contributed by atoms with Gasteiger partial charge < -0.3 is 0 Å². The Labute approximate surface area is 83.1 Å². The molecule has 0 amide bonds. The largest absolute Gasteiger partial charge is 0.0651 e. The van der Waals surface area contributed by atoms with Crippen LogP contribution in [0.1, 0.15) is 65.2 Å². The molecular weight excluding hydrogens is 156 g/mol. The van der Waals surface area contributed by atoms with Crippen LogP contribution in [0.5, 0.6) is 0 Å². The summed E-state index contributed by atoms with van der Waals surface area (Å²) in [4.78, 5) is 0. The highest BCUT2D eigenvalue weighted by molar-refractivity contribution is 4.91.